The average molecular weight is 1010 g/mol. The van der Waals surface area contributed by atoms with Crippen molar-refractivity contribution in [2.24, 2.45) is 0 Å². The minimum atomic E-state index is -0.750. The number of hydrogen-bond acceptors (Lipinski definition) is 12. The summed E-state index contributed by atoms with van der Waals surface area (Å²) in [6, 6.07) is 0. The quantitative estimate of drug-likeness (QED) is 0.212. The van der Waals surface area contributed by atoms with Gasteiger partial charge < -0.3 is 30.6 Å². The van der Waals surface area contributed by atoms with Crippen molar-refractivity contribution in [2.45, 2.75) is 91.7 Å². The maximum Gasteiger partial charge on any atom is 2.00 e. The summed E-state index contributed by atoms with van der Waals surface area (Å²) in [5.74, 6) is -2.25. The molecule has 53 heavy (non-hydrogen) atoms. The van der Waals surface area contributed by atoms with E-state index >= 15 is 0 Å². The van der Waals surface area contributed by atoms with Crippen LogP contribution in [0.4, 0.5) is 0 Å². The fraction of sp³-hybridized carbons (Fsp3) is 0.438. The van der Waals surface area contributed by atoms with E-state index in [0.29, 0.717) is 0 Å². The first-order valence-corrected chi connectivity index (χ1v) is 15.8. The van der Waals surface area contributed by atoms with E-state index in [1.807, 2.05) is 0 Å². The molecular weight excluding hydrogens is 966 g/mol. The van der Waals surface area contributed by atoms with Crippen LogP contribution in [0.3, 0.4) is 0 Å². The van der Waals surface area contributed by atoms with Gasteiger partial charge in [-0.25, -0.2) is 0 Å². The topological polar surface area (TPSA) is 241 Å². The van der Waals surface area contributed by atoms with Gasteiger partial charge in [-0.1, -0.05) is 111 Å². The van der Waals surface area contributed by atoms with Gasteiger partial charge in [-0.15, -0.1) is 34.6 Å². The van der Waals surface area contributed by atoms with Gasteiger partial charge in [0, 0.05) is 0 Å². The summed E-state index contributed by atoms with van der Waals surface area (Å²) in [6.45, 7) is 16.2. The van der Waals surface area contributed by atoms with Crippen LogP contribution in [0.2, 0.25) is 0 Å². The zero-order valence-corrected chi connectivity index (χ0v) is 38.4. The molecule has 0 saturated heterocycles. The minimum absolute atomic E-state index is 0. The molecule has 12 nitrogen and oxygen atoms in total. The maximum atomic E-state index is 9.98. The van der Waals surface area contributed by atoms with Crippen molar-refractivity contribution in [3.63, 3.8) is 0 Å². The predicted octanol–water partition coefficient (Wildman–Crippen LogP) is 3.00. The standard InChI is InChI=1S/6C5H8O2.2CHCl3.3Co/c6*1-4(6)3-5(2)7;2*2-1(3)4;;;/h6*3,6H,1-2H3;2*1H;;;/q;;;;;;;;3*+2/p-6/b6*4-3-;;;;;. The monoisotopic (exact) mass is 1010 g/mol. The number of hydrogen-bond donors (Lipinski definition) is 0. The van der Waals surface area contributed by atoms with Gasteiger partial charge in [-0.05, 0) is 78.0 Å². The molecule has 0 aliphatic rings. The van der Waals surface area contributed by atoms with E-state index in [1.165, 1.54) is 83.1 Å². The molecule has 0 bridgehead atoms. The van der Waals surface area contributed by atoms with Gasteiger partial charge in [-0.3, -0.25) is 28.8 Å². The summed E-state index contributed by atoms with van der Waals surface area (Å²) in [5.41, 5.74) is 0. The minimum Gasteiger partial charge on any atom is -0.876 e. The molecular formula is C32H44Cl6Co3O12. The molecule has 0 aromatic carbocycles. The number of carbonyl (C=O) groups is 6. The Kier molecular flexibility index (Phi) is 86.5. The third-order valence-corrected chi connectivity index (χ3v) is 2.44. The van der Waals surface area contributed by atoms with Crippen molar-refractivity contribution in [3.8, 4) is 0 Å². The van der Waals surface area contributed by atoms with Gasteiger partial charge in [0.1, 0.15) is 0 Å². The Labute approximate surface area is 373 Å². The normalized spacial score (nSPS) is 10.4. The number of carbonyl (C=O) groups excluding carboxylic acids is 6. The molecule has 0 aliphatic heterocycles. The second kappa shape index (κ2) is 57.2. The van der Waals surface area contributed by atoms with E-state index in [9.17, 15) is 59.4 Å². The van der Waals surface area contributed by atoms with Crippen LogP contribution in [-0.4, -0.2) is 43.3 Å². The van der Waals surface area contributed by atoms with Crippen molar-refractivity contribution in [3.05, 3.63) is 71.0 Å². The third-order valence-electron chi connectivity index (χ3n) is 2.44. The Morgan fingerprint density at radius 1 is 0.302 bits per heavy atom. The molecule has 21 heteroatoms. The summed E-state index contributed by atoms with van der Waals surface area (Å²) < 4.78 is -1.50. The van der Waals surface area contributed by atoms with Crippen molar-refractivity contribution in [1.29, 1.82) is 0 Å². The molecule has 0 aromatic heterocycles. The predicted molar refractivity (Wildman–Crippen MR) is 189 cm³/mol. The molecule has 3 radical (unpaired) electrons. The fourth-order valence-corrected chi connectivity index (χ4v) is 1.72. The summed E-state index contributed by atoms with van der Waals surface area (Å²) in [5, 5.41) is 59.9. The van der Waals surface area contributed by atoms with Gasteiger partial charge in [0.2, 0.25) is 0 Å². The molecule has 0 amide bonds. The maximum absolute atomic E-state index is 9.98. The average Bonchev–Trinajstić information content (AvgIpc) is 2.74. The smallest absolute Gasteiger partial charge is 0.876 e. The fourth-order valence-electron chi connectivity index (χ4n) is 1.72. The van der Waals surface area contributed by atoms with Crippen molar-refractivity contribution in [2.75, 3.05) is 0 Å². The zero-order chi connectivity index (χ0) is 42.3. The number of alkyl halides is 6. The molecule has 0 aliphatic carbocycles. The van der Waals surface area contributed by atoms with Crippen LogP contribution in [0.15, 0.2) is 71.0 Å². The van der Waals surface area contributed by atoms with E-state index in [0.717, 1.165) is 36.5 Å². The molecule has 0 heterocycles. The second-order valence-corrected chi connectivity index (χ2v) is 12.6. The molecule has 0 fully saturated rings. The van der Waals surface area contributed by atoms with Crippen molar-refractivity contribution < 1.29 is 110 Å². The van der Waals surface area contributed by atoms with Crippen molar-refractivity contribution in [1.82, 2.24) is 0 Å². The first-order chi connectivity index (χ1) is 22.2. The van der Waals surface area contributed by atoms with Gasteiger partial charge in [0.15, 0.2) is 43.3 Å². The summed E-state index contributed by atoms with van der Waals surface area (Å²) in [6.07, 6.45) is 6.33. The molecule has 0 N–H and O–H groups in total. The molecule has 0 rings (SSSR count). The number of rotatable bonds is 6. The third kappa shape index (κ3) is 235. The van der Waals surface area contributed by atoms with E-state index in [2.05, 4.69) is 0 Å². The van der Waals surface area contributed by atoms with Gasteiger partial charge >= 0.3 is 50.3 Å². The van der Waals surface area contributed by atoms with Crippen LogP contribution in [0.25, 0.3) is 0 Å². The van der Waals surface area contributed by atoms with E-state index in [1.54, 1.807) is 0 Å². The van der Waals surface area contributed by atoms with E-state index < -0.39 is 8.59 Å². The largest absolute Gasteiger partial charge is 2.00 e. The number of halogens is 6. The molecule has 0 atom stereocenters. The Bertz CT molecular complexity index is 932. The van der Waals surface area contributed by atoms with Crippen LogP contribution in [-0.2, 0) is 79.1 Å². The number of allylic oxidation sites excluding steroid dienone is 12. The first-order valence-electron chi connectivity index (χ1n) is 13.2. The molecule has 0 aromatic rings. The molecule has 0 spiro atoms. The Balaban J connectivity index is -0.0000000422. The molecule has 0 saturated carbocycles. The van der Waals surface area contributed by atoms with Crippen LogP contribution in [0.1, 0.15) is 83.1 Å². The van der Waals surface area contributed by atoms with Crippen molar-refractivity contribution >= 4 is 104 Å². The van der Waals surface area contributed by atoms with Gasteiger partial charge in [-0.2, -0.15) is 0 Å². The van der Waals surface area contributed by atoms with E-state index in [4.69, 9.17) is 69.6 Å². The second-order valence-electron chi connectivity index (χ2n) is 8.69. The SMILES string of the molecule is CC(=O)/C=C(/C)[O-].CC(=O)/C=C(/C)[O-].CC(=O)/C=C(/C)[O-].CC(=O)/C=C(/C)[O-].CC(=O)/C=C(/C)[O-].CC(=O)/C=C(/C)[O-].ClC(Cl)Cl.ClC(Cl)Cl.[Co+2].[Co+2].[Co+2]. The Morgan fingerprint density at radius 2 is 0.358 bits per heavy atom. The molecule has 313 valence electrons. The van der Waals surface area contributed by atoms with Gasteiger partial charge in [0.25, 0.3) is 0 Å². The molecule has 0 unspecified atom stereocenters. The van der Waals surface area contributed by atoms with Crippen LogP contribution in [0.5, 0.6) is 0 Å². The first kappa shape index (κ1) is 80.1. The Morgan fingerprint density at radius 3 is 0.358 bits per heavy atom. The summed E-state index contributed by atoms with van der Waals surface area (Å²) in [4.78, 5) is 59.9. The van der Waals surface area contributed by atoms with E-state index in [-0.39, 0.29) is 120 Å². The number of ketones is 6. The van der Waals surface area contributed by atoms with Crippen LogP contribution >= 0.6 is 69.6 Å². The summed E-state index contributed by atoms with van der Waals surface area (Å²) >= 11 is 28.8. The van der Waals surface area contributed by atoms with Crippen LogP contribution < -0.4 is 30.6 Å². The zero-order valence-electron chi connectivity index (χ0n) is 30.8. The van der Waals surface area contributed by atoms with Gasteiger partial charge in [0.05, 0.1) is 0 Å². The van der Waals surface area contributed by atoms with Crippen LogP contribution in [0, 0.1) is 0 Å². The Hall–Kier alpha value is -1.48. The summed E-state index contributed by atoms with van der Waals surface area (Å²) in [7, 11) is 0.